The summed E-state index contributed by atoms with van der Waals surface area (Å²) in [5.41, 5.74) is 7.30. The molecule has 0 bridgehead atoms. The fraction of sp³-hybridized carbons (Fsp3) is 0.333. The first kappa shape index (κ1) is 40.6. The van der Waals surface area contributed by atoms with Gasteiger partial charge in [-0.15, -0.1) is 0 Å². The van der Waals surface area contributed by atoms with Crippen LogP contribution in [0.1, 0.15) is 69.2 Å². The molecule has 306 valence electrons. The molecule has 6 heterocycles. The molecule has 2 aromatic carbocycles. The Morgan fingerprint density at radius 3 is 1.66 bits per heavy atom. The van der Waals surface area contributed by atoms with Gasteiger partial charge in [-0.25, -0.2) is 19.9 Å². The number of aromatic amines is 2. The molecular formula is C42H50N12O4Si. The molecule has 0 radical (unpaired) electrons. The lowest BCUT2D eigenvalue weighted by Crippen LogP contribution is -2.43. The Morgan fingerprint density at radius 2 is 1.20 bits per heavy atom. The molecule has 0 fully saturated rings. The summed E-state index contributed by atoms with van der Waals surface area (Å²) in [4.78, 5) is 49.3. The average Bonchev–Trinajstić information content (AvgIpc) is 3.93. The van der Waals surface area contributed by atoms with Crippen LogP contribution in [-0.2, 0) is 14.1 Å². The maximum atomic E-state index is 12.6. The van der Waals surface area contributed by atoms with Crippen LogP contribution >= 0.6 is 0 Å². The van der Waals surface area contributed by atoms with E-state index in [2.05, 4.69) is 74.5 Å². The number of fused-ring (bicyclic) bond motifs is 4. The molecule has 5 N–H and O–H groups in total. The fourth-order valence-corrected chi connectivity index (χ4v) is 7.45. The van der Waals surface area contributed by atoms with Crippen molar-refractivity contribution in [1.82, 2.24) is 60.1 Å². The predicted octanol–water partition coefficient (Wildman–Crippen LogP) is 7.39. The fourth-order valence-electron chi connectivity index (χ4n) is 6.43. The molecule has 59 heavy (non-hydrogen) atoms. The van der Waals surface area contributed by atoms with Gasteiger partial charge in [0.15, 0.2) is 11.3 Å². The van der Waals surface area contributed by atoms with Gasteiger partial charge in [-0.3, -0.25) is 19.0 Å². The number of phenolic OH excluding ortho intramolecular Hbond substituents is 1. The van der Waals surface area contributed by atoms with Gasteiger partial charge >= 0.3 is 0 Å². The summed E-state index contributed by atoms with van der Waals surface area (Å²) in [5, 5.41) is 26.6. The number of phenols is 1. The maximum absolute atomic E-state index is 12.6. The minimum atomic E-state index is -1.99. The molecule has 0 aliphatic rings. The van der Waals surface area contributed by atoms with Crippen LogP contribution in [-0.4, -0.2) is 86.8 Å². The van der Waals surface area contributed by atoms with Crippen molar-refractivity contribution in [3.63, 3.8) is 0 Å². The SMILES string of the molecule is CC(C)NC(=O)c1c[nH]c2ncc(-c3nn(C)c4ccc(O)cc34)nc12.CC(C)NC(=O)c1c[nH]c2ncc(-c3nn(C)c4ccc(O[Si](C)(C)C(C)(C)C)cc34)nc12. The summed E-state index contributed by atoms with van der Waals surface area (Å²) >= 11 is 0. The predicted molar refractivity (Wildman–Crippen MR) is 232 cm³/mol. The van der Waals surface area contributed by atoms with Crippen molar-refractivity contribution in [3.05, 3.63) is 72.3 Å². The summed E-state index contributed by atoms with van der Waals surface area (Å²) < 4.78 is 10.1. The molecule has 2 amide bonds. The molecule has 0 spiro atoms. The number of nitrogens with zero attached hydrogens (tertiary/aromatic N) is 8. The molecule has 6 aromatic heterocycles. The number of aromatic hydroxyl groups is 1. The zero-order chi connectivity index (χ0) is 42.6. The van der Waals surface area contributed by atoms with Crippen molar-refractivity contribution in [2.45, 2.75) is 78.7 Å². The number of nitrogens with one attached hydrogen (secondary N) is 4. The minimum Gasteiger partial charge on any atom is -0.543 e. The maximum Gasteiger partial charge on any atom is 0.255 e. The zero-order valence-electron chi connectivity index (χ0n) is 35.2. The van der Waals surface area contributed by atoms with Crippen molar-refractivity contribution in [3.8, 4) is 34.3 Å². The molecule has 8 rings (SSSR count). The van der Waals surface area contributed by atoms with E-state index in [0.29, 0.717) is 56.2 Å². The third-order valence-corrected chi connectivity index (χ3v) is 14.8. The summed E-state index contributed by atoms with van der Waals surface area (Å²) in [5.74, 6) is 0.593. The molecule has 0 saturated carbocycles. The van der Waals surface area contributed by atoms with Gasteiger partial charge in [0.25, 0.3) is 11.8 Å². The Labute approximate surface area is 342 Å². The van der Waals surface area contributed by atoms with Crippen molar-refractivity contribution >= 4 is 64.3 Å². The van der Waals surface area contributed by atoms with Gasteiger partial charge in [0, 0.05) is 49.3 Å². The molecular weight excluding hydrogens is 765 g/mol. The van der Waals surface area contributed by atoms with Gasteiger partial charge in [0.05, 0.1) is 34.6 Å². The number of amides is 2. The van der Waals surface area contributed by atoms with E-state index in [1.165, 1.54) is 0 Å². The molecule has 0 aliphatic carbocycles. The quantitative estimate of drug-likeness (QED) is 0.0962. The van der Waals surface area contributed by atoms with Gasteiger partial charge in [-0.05, 0) is 82.2 Å². The van der Waals surface area contributed by atoms with Crippen LogP contribution in [0.15, 0.2) is 61.2 Å². The number of aryl methyl sites for hydroxylation is 2. The Bertz CT molecular complexity index is 2880. The third kappa shape index (κ3) is 7.97. The van der Waals surface area contributed by atoms with Crippen LogP contribution in [0.5, 0.6) is 11.5 Å². The highest BCUT2D eigenvalue weighted by Crippen LogP contribution is 2.39. The largest absolute Gasteiger partial charge is 0.543 e. The summed E-state index contributed by atoms with van der Waals surface area (Å²) in [6.45, 7) is 18.8. The number of aromatic nitrogens is 10. The Hall–Kier alpha value is -6.62. The van der Waals surface area contributed by atoms with E-state index in [-0.39, 0.29) is 34.7 Å². The highest BCUT2D eigenvalue weighted by molar-refractivity contribution is 6.74. The molecule has 16 nitrogen and oxygen atoms in total. The second-order valence-electron chi connectivity index (χ2n) is 16.8. The average molecular weight is 815 g/mol. The topological polar surface area (TPSA) is 206 Å². The number of H-pyrrole nitrogens is 2. The Kier molecular flexibility index (Phi) is 10.5. The third-order valence-electron chi connectivity index (χ3n) is 10.4. The van der Waals surface area contributed by atoms with E-state index in [1.807, 2.05) is 64.7 Å². The van der Waals surface area contributed by atoms with Gasteiger partial charge in [0.1, 0.15) is 45.3 Å². The number of carbonyl (C=O) groups is 2. The highest BCUT2D eigenvalue weighted by Gasteiger charge is 2.39. The lowest BCUT2D eigenvalue weighted by Gasteiger charge is -2.36. The van der Waals surface area contributed by atoms with E-state index in [4.69, 9.17) is 14.5 Å². The molecule has 0 atom stereocenters. The molecule has 8 aromatic rings. The van der Waals surface area contributed by atoms with Crippen LogP contribution in [0, 0.1) is 0 Å². The normalized spacial score (nSPS) is 12.2. The lowest BCUT2D eigenvalue weighted by atomic mass is 10.1. The summed E-state index contributed by atoms with van der Waals surface area (Å²) in [6.07, 6.45) is 6.54. The van der Waals surface area contributed by atoms with E-state index in [0.717, 1.165) is 27.6 Å². The minimum absolute atomic E-state index is 0.0197. The first-order chi connectivity index (χ1) is 27.8. The van der Waals surface area contributed by atoms with E-state index < -0.39 is 8.32 Å². The van der Waals surface area contributed by atoms with Crippen molar-refractivity contribution in [2.24, 2.45) is 14.1 Å². The van der Waals surface area contributed by atoms with Crippen molar-refractivity contribution < 1.29 is 19.1 Å². The number of rotatable bonds is 8. The smallest absolute Gasteiger partial charge is 0.255 e. The summed E-state index contributed by atoms with van der Waals surface area (Å²) in [6, 6.07) is 11.2. The molecule has 0 unspecified atom stereocenters. The standard InChI is InChI=1S/C24H32N6O2Si.C18H18N6O2/c1-14(2)27-23(31)17-12-25-22-21(17)28-18(13-26-22)20-16-11-15(9-10-19(16)30(6)29-20)32-33(7,8)24(3,4)5;1-9(2)21-18(26)12-7-19-17-16(12)22-13(8-20-17)15-11-6-10(25)4-5-14(11)24(3)23-15/h9-14H,1-8H3,(H,25,26)(H,27,31);4-9,25H,1-3H3,(H,19,20)(H,21,26). The number of hydrogen-bond donors (Lipinski definition) is 5. The number of benzene rings is 2. The van der Waals surface area contributed by atoms with Crippen LogP contribution in [0.4, 0.5) is 0 Å². The highest BCUT2D eigenvalue weighted by atomic mass is 28.4. The second kappa shape index (κ2) is 15.3. The Morgan fingerprint density at radius 1 is 0.746 bits per heavy atom. The van der Waals surface area contributed by atoms with Gasteiger partial charge < -0.3 is 30.1 Å². The second-order valence-corrected chi connectivity index (χ2v) is 21.5. The van der Waals surface area contributed by atoms with Crippen LogP contribution in [0.2, 0.25) is 18.1 Å². The molecule has 17 heteroatoms. The van der Waals surface area contributed by atoms with Crippen LogP contribution in [0.3, 0.4) is 0 Å². The molecule has 0 saturated heterocycles. The lowest BCUT2D eigenvalue weighted by molar-refractivity contribution is 0.0936. The van der Waals surface area contributed by atoms with E-state index in [9.17, 15) is 14.7 Å². The van der Waals surface area contributed by atoms with Crippen LogP contribution in [0.25, 0.3) is 66.9 Å². The van der Waals surface area contributed by atoms with Gasteiger partial charge in [-0.1, -0.05) is 20.8 Å². The first-order valence-electron chi connectivity index (χ1n) is 19.4. The van der Waals surface area contributed by atoms with E-state index >= 15 is 0 Å². The van der Waals surface area contributed by atoms with Crippen LogP contribution < -0.4 is 15.1 Å². The van der Waals surface area contributed by atoms with E-state index in [1.54, 1.807) is 47.7 Å². The summed E-state index contributed by atoms with van der Waals surface area (Å²) in [7, 11) is 1.75. The number of hydrogen-bond acceptors (Lipinski definition) is 10. The number of carbonyl (C=O) groups excluding carboxylic acids is 2. The first-order valence-corrected chi connectivity index (χ1v) is 22.3. The Balaban J connectivity index is 0.000000184. The van der Waals surface area contributed by atoms with Crippen molar-refractivity contribution in [2.75, 3.05) is 0 Å². The molecule has 0 aliphatic heterocycles. The van der Waals surface area contributed by atoms with Gasteiger partial charge in [-0.2, -0.15) is 10.2 Å². The van der Waals surface area contributed by atoms with Gasteiger partial charge in [0.2, 0.25) is 8.32 Å². The zero-order valence-corrected chi connectivity index (χ0v) is 36.2. The van der Waals surface area contributed by atoms with Crippen molar-refractivity contribution in [1.29, 1.82) is 0 Å². The monoisotopic (exact) mass is 814 g/mol.